The molecule has 0 aliphatic carbocycles. The van der Waals surface area contributed by atoms with E-state index in [1.54, 1.807) is 36.4 Å². The van der Waals surface area contributed by atoms with Gasteiger partial charge in [0, 0.05) is 106 Å². The summed E-state index contributed by atoms with van der Waals surface area (Å²) in [6.07, 6.45) is 8.89. The van der Waals surface area contributed by atoms with Crippen LogP contribution in [0.15, 0.2) is 54.6 Å². The van der Waals surface area contributed by atoms with Crippen LogP contribution in [0.2, 0.25) is 0 Å². The molecule has 9 rings (SSSR count). The molecule has 0 bridgehead atoms. The van der Waals surface area contributed by atoms with Crippen LogP contribution in [0.1, 0.15) is 178 Å². The third kappa shape index (κ3) is 26.5. The van der Waals surface area contributed by atoms with Gasteiger partial charge in [0.05, 0.1) is 34.5 Å². The normalized spacial score (nSPS) is 15.9. The van der Waals surface area contributed by atoms with Crippen LogP contribution in [0.5, 0.6) is 12.0 Å². The first kappa shape index (κ1) is 88.0. The highest BCUT2D eigenvalue weighted by Crippen LogP contribution is 2.36. The lowest BCUT2D eigenvalue weighted by Gasteiger charge is -2.30. The number of anilines is 10. The highest BCUT2D eigenvalue weighted by Gasteiger charge is 2.30. The first-order chi connectivity index (χ1) is 52.5. The number of ether oxygens (including phenoxy) is 2. The second-order valence-corrected chi connectivity index (χ2v) is 32.6. The number of hydrogen-bond donors (Lipinski definition) is 7. The number of hydrogen-bond acceptors (Lipinski definition) is 27. The minimum Gasteiger partial charge on any atom is -0.463 e. The summed E-state index contributed by atoms with van der Waals surface area (Å²) in [5.74, 6) is 2.34. The van der Waals surface area contributed by atoms with Crippen LogP contribution >= 0.6 is 0 Å². The molecule has 3 aromatic carbocycles. The van der Waals surface area contributed by atoms with Crippen LogP contribution in [0.25, 0.3) is 0 Å². The monoisotopic (exact) mass is 1530 g/mol. The summed E-state index contributed by atoms with van der Waals surface area (Å²) in [7, 11) is 16.4. The molecule has 6 aromatic rings. The Morgan fingerprint density at radius 3 is 1.23 bits per heavy atom. The molecule has 6 heterocycles. The molecule has 111 heavy (non-hydrogen) atoms. The molecule has 3 atom stereocenters. The summed E-state index contributed by atoms with van der Waals surface area (Å²) in [5.41, 5.74) is 13.8. The van der Waals surface area contributed by atoms with Gasteiger partial charge in [0.2, 0.25) is 5.95 Å². The molecule has 7 N–H and O–H groups in total. The van der Waals surface area contributed by atoms with E-state index in [1.165, 1.54) is 40.6 Å². The fourth-order valence-electron chi connectivity index (χ4n) is 13.7. The summed E-state index contributed by atoms with van der Waals surface area (Å²) >= 11 is 0. The predicted octanol–water partition coefficient (Wildman–Crippen LogP) is 12.0. The van der Waals surface area contributed by atoms with E-state index in [0.717, 1.165) is 81.5 Å². The van der Waals surface area contributed by atoms with Crippen LogP contribution in [-0.2, 0) is 14.5 Å². The zero-order valence-corrected chi connectivity index (χ0v) is 69.1. The number of nitrogens with zero attached hydrogens (tertiary/aromatic N) is 15. The maximum atomic E-state index is 12.3. The van der Waals surface area contributed by atoms with Gasteiger partial charge in [-0.15, -0.1) is 0 Å². The van der Waals surface area contributed by atoms with Crippen LogP contribution in [0, 0.1) is 76.9 Å². The molecule has 3 amide bonds. The highest BCUT2D eigenvalue weighted by molar-refractivity contribution is 5.96. The lowest BCUT2D eigenvalue weighted by atomic mass is 9.96. The average Bonchev–Trinajstić information content (AvgIpc) is 1.65. The molecule has 3 unspecified atom stereocenters. The molecule has 600 valence electrons. The molecule has 0 radical (unpaired) electrons. The fraction of sp³-hybridized carbons (Fsp3) is 0.556. The molecule has 3 aliphatic rings. The Bertz CT molecular complexity index is 4090. The number of benzene rings is 3. The Balaban J connectivity index is 0.000000231. The summed E-state index contributed by atoms with van der Waals surface area (Å²) in [5, 5.41) is 43.6. The lowest BCUT2D eigenvalue weighted by Crippen LogP contribution is -2.35. The van der Waals surface area contributed by atoms with Crippen molar-refractivity contribution in [3.05, 3.63) is 105 Å². The molecule has 3 aromatic heterocycles. The number of amides is 3. The zero-order valence-electron chi connectivity index (χ0n) is 69.1. The van der Waals surface area contributed by atoms with E-state index in [4.69, 9.17) is 34.0 Å². The van der Waals surface area contributed by atoms with Gasteiger partial charge in [0.15, 0.2) is 34.9 Å². The smallest absolute Gasteiger partial charge is 0.320 e. The largest absolute Gasteiger partial charge is 0.463 e. The topological polar surface area (TPSA) is 350 Å². The van der Waals surface area contributed by atoms with E-state index in [-0.39, 0.29) is 46.0 Å². The van der Waals surface area contributed by atoms with E-state index >= 15 is 0 Å². The van der Waals surface area contributed by atoms with Crippen LogP contribution < -0.4 is 61.9 Å². The maximum absolute atomic E-state index is 12.3. The maximum Gasteiger partial charge on any atom is 0.320 e. The van der Waals surface area contributed by atoms with Crippen molar-refractivity contribution in [2.75, 3.05) is 165 Å². The summed E-state index contributed by atoms with van der Waals surface area (Å²) in [4.78, 5) is 92.1. The minimum absolute atomic E-state index is 0.000295. The van der Waals surface area contributed by atoms with Gasteiger partial charge in [-0.3, -0.25) is 28.9 Å². The number of aromatic nitrogens is 6. The SMILES string of the molecule is CONC(=O)c1ccc(C)c(Nc2nc(NCCC3CCCN3C)nc(N(C)CC(C)(C)C)c2C#N)c1.CONC(=O)c1ccc(C)c(Nc2nc(OCC3CCCN(C)C3)nc(N(C)CC(C)(C)C)c2C#N)c1.CONC(=O)c1ccc(C)c(Nc2nc(OCCC3CCCN3C)nc(N(C)CC(C)(C)C)c2C#N)c1. The summed E-state index contributed by atoms with van der Waals surface area (Å²) in [6.45, 7) is 33.1. The van der Waals surface area contributed by atoms with Crippen LogP contribution in [-0.4, -0.2) is 204 Å². The van der Waals surface area contributed by atoms with Crippen molar-refractivity contribution in [3.8, 4) is 30.2 Å². The van der Waals surface area contributed by atoms with Gasteiger partial charge in [-0.1, -0.05) is 80.5 Å². The number of carbonyl (C=O) groups excluding carboxylic acids is 3. The fourth-order valence-corrected chi connectivity index (χ4v) is 13.7. The van der Waals surface area contributed by atoms with E-state index in [2.05, 4.69) is 174 Å². The molecule has 3 saturated heterocycles. The molecule has 0 saturated carbocycles. The van der Waals surface area contributed by atoms with Gasteiger partial charge in [0.25, 0.3) is 17.7 Å². The molecule has 30 heteroatoms. The van der Waals surface area contributed by atoms with Crippen molar-refractivity contribution >= 4 is 75.6 Å². The molecule has 0 spiro atoms. The predicted molar refractivity (Wildman–Crippen MR) is 435 cm³/mol. The van der Waals surface area contributed by atoms with Crippen LogP contribution in [0.4, 0.5) is 57.9 Å². The number of aryl methyl sites for hydroxylation is 3. The Morgan fingerprint density at radius 2 is 0.874 bits per heavy atom. The first-order valence-corrected chi connectivity index (χ1v) is 37.9. The van der Waals surface area contributed by atoms with Gasteiger partial charge < -0.3 is 60.1 Å². The summed E-state index contributed by atoms with van der Waals surface area (Å²) in [6, 6.07) is 24.0. The van der Waals surface area contributed by atoms with Gasteiger partial charge in [-0.05, 0) is 182 Å². The third-order valence-corrected chi connectivity index (χ3v) is 19.0. The molecular weight excluding hydrogens is 1410 g/mol. The minimum atomic E-state index is -0.375. The Hall–Kier alpha value is -10.3. The quantitative estimate of drug-likeness (QED) is 0.0214. The van der Waals surface area contributed by atoms with Crippen molar-refractivity contribution in [2.24, 2.45) is 22.2 Å². The van der Waals surface area contributed by atoms with Crippen molar-refractivity contribution in [2.45, 2.75) is 147 Å². The molecule has 30 nitrogen and oxygen atoms in total. The Kier molecular flexibility index (Phi) is 32.2. The number of likely N-dealkylation sites (tertiary alicyclic amines) is 3. The third-order valence-electron chi connectivity index (χ3n) is 19.0. The lowest BCUT2D eigenvalue weighted by molar-refractivity contribution is 0.0533. The standard InChI is InChI=1S/C27H40N8O2.2C27H39N7O3/c1-18-10-11-19(25(36)33-37-7)15-22(18)30-23-21(16-28)24(35(6)17-27(2,3)4)32-26(31-23)29-13-12-20-9-8-14-34(20)5;1-18-10-11-19(25(35)32-36-7)15-22(18)29-23-21(16-28)24(34(6)17-27(2,3)4)31-26(30-23)37-14-12-20-9-8-13-33(20)5;1-18-10-11-20(25(35)32-36-7)13-22(18)29-23-21(14-28)24(34(6)17-27(2,3)4)31-26(30-23)37-16-19-9-8-12-33(5)15-19/h10-11,15,20H,8-9,12-14,17H2,1-7H3,(H,33,36)(H2,29,30,31,32);10-11,15,20H,8-9,12-14,17H2,1-7H3,(H,32,35)(H,29,30,31);10-11,13,19H,8-9,12,15-17H2,1-7H3,(H,32,35)(H,29,30,31). The number of carbonyl (C=O) groups is 3. The Morgan fingerprint density at radius 1 is 0.505 bits per heavy atom. The number of nitriles is 3. The zero-order chi connectivity index (χ0) is 81.5. The van der Waals surface area contributed by atoms with Gasteiger partial charge >= 0.3 is 12.0 Å². The molecular formula is C81H118N22O8. The van der Waals surface area contributed by atoms with Crippen LogP contribution in [0.3, 0.4) is 0 Å². The van der Waals surface area contributed by atoms with E-state index in [9.17, 15) is 30.2 Å². The number of hydroxylamine groups is 3. The number of rotatable bonds is 29. The van der Waals surface area contributed by atoms with Crippen molar-refractivity contribution in [1.82, 2.24) is 61.0 Å². The molecule has 3 aliphatic heterocycles. The second kappa shape index (κ2) is 40.6. The number of nitrogens with one attached hydrogen (secondary N) is 7. The highest BCUT2D eigenvalue weighted by atomic mass is 16.6. The summed E-state index contributed by atoms with van der Waals surface area (Å²) < 4.78 is 12.1. The van der Waals surface area contributed by atoms with Gasteiger partial charge in [-0.25, -0.2) is 16.4 Å². The average molecular weight is 1530 g/mol. The molecule has 3 fully saturated rings. The van der Waals surface area contributed by atoms with Crippen molar-refractivity contribution in [3.63, 3.8) is 0 Å². The number of piperidine rings is 1. The van der Waals surface area contributed by atoms with Crippen molar-refractivity contribution in [1.29, 1.82) is 15.8 Å². The first-order valence-electron chi connectivity index (χ1n) is 37.9. The van der Waals surface area contributed by atoms with Gasteiger partial charge in [-0.2, -0.15) is 45.7 Å². The van der Waals surface area contributed by atoms with E-state index < -0.39 is 0 Å². The van der Waals surface area contributed by atoms with Gasteiger partial charge in [0.1, 0.15) is 34.9 Å². The van der Waals surface area contributed by atoms with E-state index in [1.807, 2.05) is 74.8 Å². The Labute approximate surface area is 656 Å². The van der Waals surface area contributed by atoms with E-state index in [0.29, 0.717) is 142 Å². The van der Waals surface area contributed by atoms with Crippen molar-refractivity contribution < 1.29 is 38.4 Å². The second-order valence-electron chi connectivity index (χ2n) is 32.6.